The van der Waals surface area contributed by atoms with Crippen LogP contribution in [0.4, 0.5) is 10.1 Å². The van der Waals surface area contributed by atoms with Gasteiger partial charge in [0, 0.05) is 23.4 Å². The number of aromatic nitrogens is 1. The summed E-state index contributed by atoms with van der Waals surface area (Å²) in [7, 11) is 2.99. The Morgan fingerprint density at radius 2 is 2.00 bits per heavy atom. The van der Waals surface area contributed by atoms with Crippen LogP contribution in [0.1, 0.15) is 47.2 Å². The predicted octanol–water partition coefficient (Wildman–Crippen LogP) is 4.30. The van der Waals surface area contributed by atoms with E-state index in [1.54, 1.807) is 20.8 Å². The summed E-state index contributed by atoms with van der Waals surface area (Å²) in [6, 6.07) is 5.43. The Labute approximate surface area is 230 Å². The molecular formula is C25H28BClFN4O5S. The van der Waals surface area contributed by atoms with E-state index < -0.39 is 45.4 Å². The largest absolute Gasteiger partial charge is 0.465 e. The summed E-state index contributed by atoms with van der Waals surface area (Å²) in [4.78, 5) is 47.0. The number of methoxy groups -OCH3 is 1. The molecule has 1 aromatic heterocycles. The molecular weight excluding hydrogens is 534 g/mol. The van der Waals surface area contributed by atoms with Gasteiger partial charge in [0.15, 0.2) is 5.17 Å². The van der Waals surface area contributed by atoms with Crippen molar-refractivity contribution in [1.29, 1.82) is 0 Å². The summed E-state index contributed by atoms with van der Waals surface area (Å²) in [6.07, 6.45) is 1.88. The van der Waals surface area contributed by atoms with E-state index in [-0.39, 0.29) is 28.7 Å². The molecule has 201 valence electrons. The molecule has 1 aliphatic rings. The van der Waals surface area contributed by atoms with Crippen molar-refractivity contribution in [3.63, 3.8) is 0 Å². The van der Waals surface area contributed by atoms with Crippen molar-refractivity contribution in [3.05, 3.63) is 58.1 Å². The first kappa shape index (κ1) is 29.4. The fourth-order valence-corrected chi connectivity index (χ4v) is 5.47. The van der Waals surface area contributed by atoms with Gasteiger partial charge in [-0.1, -0.05) is 37.1 Å². The van der Waals surface area contributed by atoms with E-state index in [2.05, 4.69) is 15.3 Å². The maximum atomic E-state index is 15.9. The summed E-state index contributed by atoms with van der Waals surface area (Å²) in [5.41, 5.74) is 4.39. The predicted molar refractivity (Wildman–Crippen MR) is 146 cm³/mol. The molecule has 0 bridgehead atoms. The maximum Gasteiger partial charge on any atom is 0.340 e. The van der Waals surface area contributed by atoms with Crippen molar-refractivity contribution in [2.45, 2.75) is 44.2 Å². The lowest BCUT2D eigenvalue weighted by Crippen LogP contribution is -2.53. The van der Waals surface area contributed by atoms with Crippen LogP contribution in [0.3, 0.4) is 0 Å². The topological polar surface area (TPSA) is 133 Å². The monoisotopic (exact) mass is 561 g/mol. The average molecular weight is 562 g/mol. The van der Waals surface area contributed by atoms with Crippen LogP contribution in [-0.4, -0.2) is 53.7 Å². The Kier molecular flexibility index (Phi) is 9.09. The lowest BCUT2D eigenvalue weighted by Gasteiger charge is -2.45. The summed E-state index contributed by atoms with van der Waals surface area (Å²) >= 11 is 6.88. The first-order valence-electron chi connectivity index (χ1n) is 11.7. The van der Waals surface area contributed by atoms with Gasteiger partial charge in [-0.15, -0.1) is 0 Å². The van der Waals surface area contributed by atoms with Crippen molar-refractivity contribution >= 4 is 59.3 Å². The molecule has 0 saturated carbocycles. The van der Waals surface area contributed by atoms with Crippen LogP contribution in [0.25, 0.3) is 0 Å². The average Bonchev–Trinajstić information content (AvgIpc) is 2.87. The van der Waals surface area contributed by atoms with Crippen molar-refractivity contribution in [2.75, 3.05) is 19.0 Å². The number of benzene rings is 1. The third-order valence-electron chi connectivity index (χ3n) is 6.61. The SMILES string of the molecule is C[B]CCOC(=O)[C@@]1(C)SC(N)=N[C@](C)(c2cc(NC(=O)c3ccc(Cl)cn3)cc(C(=O)OC)c2F)[C@@H]1C. The van der Waals surface area contributed by atoms with Crippen LogP contribution in [0.2, 0.25) is 18.2 Å². The van der Waals surface area contributed by atoms with E-state index in [1.165, 1.54) is 24.4 Å². The molecule has 9 nitrogen and oxygen atoms in total. The minimum Gasteiger partial charge on any atom is -0.465 e. The normalized spacial score (nSPS) is 22.7. The molecule has 0 saturated heterocycles. The highest BCUT2D eigenvalue weighted by Gasteiger charge is 2.55. The molecule has 3 atom stereocenters. The number of nitrogens with one attached hydrogen (secondary N) is 1. The standard InChI is InChI=1S/C25H28BClFN4O5S/c1-13-24(2,32-23(29)38-25(13,3)22(35)37-9-8-26-4)17-11-15(10-16(19(17)28)21(34)36-5)31-20(33)18-7-6-14(27)12-30-18/h6-7,10-13H,8-9H2,1-5H3,(H2,29,32)(H,31,33)/t13-,24-,25-/m0/s1. The maximum absolute atomic E-state index is 15.9. The molecule has 1 aliphatic heterocycles. The highest BCUT2D eigenvalue weighted by Crippen LogP contribution is 2.51. The van der Waals surface area contributed by atoms with E-state index in [0.717, 1.165) is 24.9 Å². The van der Waals surface area contributed by atoms with Gasteiger partial charge in [0.2, 0.25) is 0 Å². The number of ether oxygens (including phenoxy) is 2. The zero-order chi connectivity index (χ0) is 28.3. The van der Waals surface area contributed by atoms with Gasteiger partial charge in [-0.25, -0.2) is 14.2 Å². The number of anilines is 1. The van der Waals surface area contributed by atoms with E-state index in [9.17, 15) is 14.4 Å². The number of aliphatic imine (C=N–C) groups is 1. The third kappa shape index (κ3) is 5.81. The Hall–Kier alpha value is -3.12. The number of halogens is 2. The van der Waals surface area contributed by atoms with Crippen LogP contribution >= 0.6 is 23.4 Å². The second kappa shape index (κ2) is 11.7. The third-order valence-corrected chi connectivity index (χ3v) is 8.08. The first-order chi connectivity index (χ1) is 17.9. The highest BCUT2D eigenvalue weighted by molar-refractivity contribution is 8.15. The second-order valence-electron chi connectivity index (χ2n) is 9.05. The summed E-state index contributed by atoms with van der Waals surface area (Å²) in [5, 5.41) is 3.02. The smallest absolute Gasteiger partial charge is 0.340 e. The van der Waals surface area contributed by atoms with Crippen LogP contribution in [0.15, 0.2) is 35.5 Å². The molecule has 2 aromatic rings. The lowest BCUT2D eigenvalue weighted by molar-refractivity contribution is -0.147. The molecule has 1 aromatic carbocycles. The summed E-state index contributed by atoms with van der Waals surface area (Å²) in [6.45, 7) is 7.05. The number of hydrogen-bond acceptors (Lipinski definition) is 9. The first-order valence-corrected chi connectivity index (χ1v) is 12.9. The highest BCUT2D eigenvalue weighted by atomic mass is 35.5. The van der Waals surface area contributed by atoms with Crippen LogP contribution in [0, 0.1) is 11.7 Å². The van der Waals surface area contributed by atoms with Gasteiger partial charge in [0.25, 0.3) is 5.91 Å². The van der Waals surface area contributed by atoms with E-state index in [0.29, 0.717) is 11.3 Å². The molecule has 2 heterocycles. The van der Waals surface area contributed by atoms with Gasteiger partial charge in [0.1, 0.15) is 23.5 Å². The molecule has 0 aliphatic carbocycles. The molecule has 3 rings (SSSR count). The number of nitrogens with two attached hydrogens (primary N) is 1. The number of amidine groups is 1. The number of hydrogen-bond donors (Lipinski definition) is 2. The van der Waals surface area contributed by atoms with Crippen molar-refractivity contribution in [1.82, 2.24) is 4.98 Å². The van der Waals surface area contributed by atoms with Gasteiger partial charge < -0.3 is 20.5 Å². The molecule has 0 unspecified atom stereocenters. The molecule has 13 heteroatoms. The van der Waals surface area contributed by atoms with Gasteiger partial charge in [-0.2, -0.15) is 0 Å². The number of nitrogens with zero attached hydrogens (tertiary/aromatic N) is 2. The Morgan fingerprint density at radius 1 is 1.29 bits per heavy atom. The Bertz CT molecular complexity index is 1280. The number of thioether (sulfide) groups is 1. The molecule has 38 heavy (non-hydrogen) atoms. The van der Waals surface area contributed by atoms with Gasteiger partial charge in [-0.05, 0) is 44.4 Å². The Morgan fingerprint density at radius 3 is 2.61 bits per heavy atom. The fourth-order valence-electron chi connectivity index (χ4n) is 4.14. The zero-order valence-electron chi connectivity index (χ0n) is 21.6. The lowest BCUT2D eigenvalue weighted by atomic mass is 9.73. The summed E-state index contributed by atoms with van der Waals surface area (Å²) in [5.74, 6) is -3.66. The number of carbonyl (C=O) groups excluding carboxylic acids is 3. The minimum absolute atomic E-state index is 0.0472. The van der Waals surface area contributed by atoms with Gasteiger partial charge in [0.05, 0.1) is 29.8 Å². The quantitative estimate of drug-likeness (QED) is 0.277. The molecule has 3 N–H and O–H groups in total. The number of pyridine rings is 1. The Balaban J connectivity index is 2.11. The van der Waals surface area contributed by atoms with Crippen LogP contribution in [0.5, 0.6) is 0 Å². The fraction of sp³-hybridized carbons (Fsp3) is 0.400. The van der Waals surface area contributed by atoms with E-state index in [1.807, 2.05) is 14.1 Å². The summed E-state index contributed by atoms with van der Waals surface area (Å²) < 4.78 is 25.0. The molecule has 1 radical (unpaired) electrons. The van der Waals surface area contributed by atoms with E-state index in [4.69, 9.17) is 26.8 Å². The van der Waals surface area contributed by atoms with Crippen molar-refractivity contribution in [2.24, 2.45) is 16.6 Å². The van der Waals surface area contributed by atoms with E-state index >= 15 is 4.39 Å². The number of amides is 1. The van der Waals surface area contributed by atoms with Gasteiger partial charge in [-0.3, -0.25) is 14.6 Å². The second-order valence-corrected chi connectivity index (χ2v) is 11.0. The number of rotatable bonds is 8. The molecule has 0 fully saturated rings. The molecule has 1 amide bonds. The van der Waals surface area contributed by atoms with Crippen molar-refractivity contribution < 1.29 is 28.2 Å². The van der Waals surface area contributed by atoms with Gasteiger partial charge >= 0.3 is 11.9 Å². The van der Waals surface area contributed by atoms with Crippen molar-refractivity contribution in [3.8, 4) is 0 Å². The van der Waals surface area contributed by atoms with Crippen LogP contribution in [-0.2, 0) is 19.8 Å². The zero-order valence-corrected chi connectivity index (χ0v) is 23.2. The molecule has 0 spiro atoms. The number of esters is 2. The number of carbonyl (C=O) groups is 3. The van der Waals surface area contributed by atoms with Crippen LogP contribution < -0.4 is 11.1 Å². The minimum atomic E-state index is -1.42.